The molecule has 1 rings (SSSR count). The number of hydrogen-bond donors (Lipinski definition) is 2. The van der Waals surface area contributed by atoms with Gasteiger partial charge in [0.1, 0.15) is 5.02 Å². The molecule has 21 heavy (non-hydrogen) atoms. The third-order valence-corrected chi connectivity index (χ3v) is 4.07. The van der Waals surface area contributed by atoms with Crippen molar-refractivity contribution in [3.05, 3.63) is 20.6 Å². The van der Waals surface area contributed by atoms with E-state index in [-0.39, 0.29) is 12.0 Å². The van der Waals surface area contributed by atoms with Crippen molar-refractivity contribution in [3.8, 4) is 5.75 Å². The number of halogens is 3. The summed E-state index contributed by atoms with van der Waals surface area (Å²) in [7, 11) is 0. The lowest BCUT2D eigenvalue weighted by Gasteiger charge is -2.21. The molecule has 0 aliphatic carbocycles. The van der Waals surface area contributed by atoms with Gasteiger partial charge in [0.15, 0.2) is 5.75 Å². The maximum absolute atomic E-state index is 11.9. The van der Waals surface area contributed by atoms with Crippen LogP contribution in [0, 0.1) is 5.41 Å². The Morgan fingerprint density at radius 3 is 2.33 bits per heavy atom. The second-order valence-electron chi connectivity index (χ2n) is 5.86. The van der Waals surface area contributed by atoms with E-state index in [9.17, 15) is 4.79 Å². The Bertz CT molecular complexity index is 543. The molecule has 0 aromatic heterocycles. The first-order valence-corrected chi connectivity index (χ1v) is 7.99. The zero-order valence-corrected chi connectivity index (χ0v) is 15.7. The second-order valence-corrected chi connectivity index (χ2v) is 7.47. The van der Waals surface area contributed by atoms with Gasteiger partial charge >= 0.3 is 0 Å². The van der Waals surface area contributed by atoms with Crippen LogP contribution >= 0.6 is 39.1 Å². The summed E-state index contributed by atoms with van der Waals surface area (Å²) in [6.07, 6.45) is -0.0775. The largest absolute Gasteiger partial charge is 0.488 e. The number of nitrogens with one attached hydrogen (secondary N) is 2. The van der Waals surface area contributed by atoms with E-state index in [1.54, 1.807) is 6.07 Å². The molecule has 2 N–H and O–H groups in total. The quantitative estimate of drug-likeness (QED) is 0.553. The minimum Gasteiger partial charge on any atom is -0.488 e. The Balaban J connectivity index is 3.04. The van der Waals surface area contributed by atoms with Crippen LogP contribution in [0.4, 0.5) is 5.69 Å². The van der Waals surface area contributed by atoms with Gasteiger partial charge in [0, 0.05) is 9.89 Å². The van der Waals surface area contributed by atoms with Crippen molar-refractivity contribution < 1.29 is 9.53 Å². The van der Waals surface area contributed by atoms with E-state index >= 15 is 0 Å². The Hall–Kier alpha value is -0.650. The minimum atomic E-state index is -0.513. The molecule has 0 atom stereocenters. The van der Waals surface area contributed by atoms with Crippen LogP contribution in [0.1, 0.15) is 34.6 Å². The molecule has 7 heteroatoms. The van der Waals surface area contributed by atoms with Crippen molar-refractivity contribution in [2.45, 2.75) is 40.7 Å². The predicted molar refractivity (Wildman–Crippen MR) is 91.1 cm³/mol. The van der Waals surface area contributed by atoms with Crippen LogP contribution in [0.3, 0.4) is 0 Å². The lowest BCUT2D eigenvalue weighted by atomic mass is 9.96. The zero-order chi connectivity index (χ0) is 16.4. The second kappa shape index (κ2) is 7.07. The Kier molecular flexibility index (Phi) is 6.20. The molecule has 0 unspecified atom stereocenters. The summed E-state index contributed by atoms with van der Waals surface area (Å²) in [4.78, 5) is 11.9. The summed E-state index contributed by atoms with van der Waals surface area (Å²) in [6.45, 7) is 9.20. The first kappa shape index (κ1) is 18.4. The summed E-state index contributed by atoms with van der Waals surface area (Å²) in [5.74, 6) is 0.214. The van der Waals surface area contributed by atoms with Crippen LogP contribution in [0.15, 0.2) is 10.5 Å². The standard InChI is InChI=1S/C14H19BrCl2N2O2/c1-7(2)21-12-10(16)8(15)6-9(11(12)17)18-19-13(20)14(3,4)5/h6-7,18H,1-5H3,(H,19,20). The Labute approximate surface area is 143 Å². The molecule has 0 heterocycles. The average Bonchev–Trinajstić information content (AvgIpc) is 2.35. The molecule has 118 valence electrons. The highest BCUT2D eigenvalue weighted by Crippen LogP contribution is 2.43. The van der Waals surface area contributed by atoms with Gasteiger partial charge in [-0.2, -0.15) is 0 Å². The van der Waals surface area contributed by atoms with Gasteiger partial charge in [0.05, 0.1) is 16.8 Å². The van der Waals surface area contributed by atoms with E-state index in [1.165, 1.54) is 0 Å². The lowest BCUT2D eigenvalue weighted by molar-refractivity contribution is -0.127. The number of ether oxygens (including phenoxy) is 1. The van der Waals surface area contributed by atoms with Crippen molar-refractivity contribution in [1.29, 1.82) is 0 Å². The lowest BCUT2D eigenvalue weighted by Crippen LogP contribution is -2.38. The van der Waals surface area contributed by atoms with E-state index in [2.05, 4.69) is 26.8 Å². The number of hydrazine groups is 1. The van der Waals surface area contributed by atoms with Gasteiger partial charge in [-0.25, -0.2) is 0 Å². The van der Waals surface area contributed by atoms with Crippen molar-refractivity contribution in [2.75, 3.05) is 5.43 Å². The van der Waals surface area contributed by atoms with Gasteiger partial charge in [-0.05, 0) is 35.8 Å². The fraction of sp³-hybridized carbons (Fsp3) is 0.500. The molecule has 1 aromatic rings. The number of rotatable bonds is 4. The highest BCUT2D eigenvalue weighted by Gasteiger charge is 2.22. The van der Waals surface area contributed by atoms with Crippen molar-refractivity contribution >= 4 is 50.7 Å². The van der Waals surface area contributed by atoms with Crippen LogP contribution in [0.5, 0.6) is 5.75 Å². The van der Waals surface area contributed by atoms with Crippen molar-refractivity contribution in [3.63, 3.8) is 0 Å². The molecule has 4 nitrogen and oxygen atoms in total. The molecule has 0 saturated carbocycles. The molecular formula is C14H19BrCl2N2O2. The van der Waals surface area contributed by atoms with Crippen LogP contribution in [0.2, 0.25) is 10.0 Å². The number of carbonyl (C=O) groups excluding carboxylic acids is 1. The van der Waals surface area contributed by atoms with Crippen molar-refractivity contribution in [2.24, 2.45) is 5.41 Å². The number of anilines is 1. The summed E-state index contributed by atoms with van der Waals surface area (Å²) < 4.78 is 6.25. The van der Waals surface area contributed by atoms with Crippen LogP contribution in [-0.2, 0) is 4.79 Å². The highest BCUT2D eigenvalue weighted by molar-refractivity contribution is 9.10. The maximum Gasteiger partial charge on any atom is 0.243 e. The SMILES string of the molecule is CC(C)Oc1c(Cl)c(Br)cc(NNC(=O)C(C)(C)C)c1Cl. The number of carbonyl (C=O) groups is 1. The van der Waals surface area contributed by atoms with E-state index in [0.717, 1.165) is 0 Å². The Morgan fingerprint density at radius 2 is 1.86 bits per heavy atom. The van der Waals surface area contributed by atoms with Gasteiger partial charge in [-0.1, -0.05) is 44.0 Å². The number of hydrogen-bond acceptors (Lipinski definition) is 3. The van der Waals surface area contributed by atoms with E-state index in [4.69, 9.17) is 27.9 Å². The van der Waals surface area contributed by atoms with Crippen LogP contribution in [-0.4, -0.2) is 12.0 Å². The smallest absolute Gasteiger partial charge is 0.243 e. The molecule has 0 spiro atoms. The molecule has 0 aliphatic rings. The first-order chi connectivity index (χ1) is 9.54. The molecule has 0 bridgehead atoms. The fourth-order valence-electron chi connectivity index (χ4n) is 1.32. The van der Waals surface area contributed by atoms with E-state index < -0.39 is 5.41 Å². The van der Waals surface area contributed by atoms with Crippen LogP contribution < -0.4 is 15.6 Å². The Morgan fingerprint density at radius 1 is 1.29 bits per heavy atom. The summed E-state index contributed by atoms with van der Waals surface area (Å²) >= 11 is 15.8. The molecular weight excluding hydrogens is 379 g/mol. The molecule has 1 aromatic carbocycles. The summed E-state index contributed by atoms with van der Waals surface area (Å²) in [5.41, 5.74) is 5.40. The summed E-state index contributed by atoms with van der Waals surface area (Å²) in [6, 6.07) is 1.68. The third-order valence-electron chi connectivity index (χ3n) is 2.46. The van der Waals surface area contributed by atoms with Gasteiger partial charge in [-0.3, -0.25) is 15.6 Å². The maximum atomic E-state index is 11.9. The molecule has 1 amide bonds. The van der Waals surface area contributed by atoms with Gasteiger partial charge in [-0.15, -0.1) is 0 Å². The van der Waals surface area contributed by atoms with Gasteiger partial charge < -0.3 is 4.74 Å². The van der Waals surface area contributed by atoms with E-state index in [1.807, 2.05) is 34.6 Å². The van der Waals surface area contributed by atoms with Gasteiger partial charge in [0.25, 0.3) is 0 Å². The average molecular weight is 398 g/mol. The normalized spacial score (nSPS) is 11.5. The molecule has 0 aliphatic heterocycles. The fourth-order valence-corrected chi connectivity index (χ4v) is 2.21. The molecule has 0 fully saturated rings. The monoisotopic (exact) mass is 396 g/mol. The minimum absolute atomic E-state index is 0.0775. The van der Waals surface area contributed by atoms with Crippen molar-refractivity contribution in [1.82, 2.24) is 5.43 Å². The van der Waals surface area contributed by atoms with E-state index in [0.29, 0.717) is 26.0 Å². The number of benzene rings is 1. The third kappa shape index (κ3) is 4.94. The first-order valence-electron chi connectivity index (χ1n) is 6.44. The molecule has 0 radical (unpaired) electrons. The predicted octanol–water partition coefficient (Wildman–Crippen LogP) is 5.03. The highest BCUT2D eigenvalue weighted by atomic mass is 79.9. The van der Waals surface area contributed by atoms with Gasteiger partial charge in [0.2, 0.25) is 5.91 Å². The zero-order valence-electron chi connectivity index (χ0n) is 12.6. The number of amides is 1. The van der Waals surface area contributed by atoms with Crippen LogP contribution in [0.25, 0.3) is 0 Å². The summed E-state index contributed by atoms with van der Waals surface area (Å²) in [5, 5.41) is 0.701. The topological polar surface area (TPSA) is 50.4 Å². The molecule has 0 saturated heterocycles.